The van der Waals surface area contributed by atoms with Gasteiger partial charge < -0.3 is 10.1 Å². The zero-order chi connectivity index (χ0) is 19.2. The van der Waals surface area contributed by atoms with Gasteiger partial charge in [-0.05, 0) is 30.3 Å². The Morgan fingerprint density at radius 2 is 1.92 bits per heavy atom. The van der Waals surface area contributed by atoms with Gasteiger partial charge in [0.25, 0.3) is 5.91 Å². The van der Waals surface area contributed by atoms with E-state index in [1.807, 2.05) is 6.07 Å². The van der Waals surface area contributed by atoms with Crippen LogP contribution in [0.25, 0.3) is 0 Å². The normalized spacial score (nSPS) is 11.4. The highest BCUT2D eigenvalue weighted by Gasteiger charge is 2.26. The Morgan fingerprint density at radius 3 is 2.50 bits per heavy atom. The van der Waals surface area contributed by atoms with Crippen LogP contribution < -0.4 is 10.1 Å². The zero-order valence-electron chi connectivity index (χ0n) is 15.1. The van der Waals surface area contributed by atoms with Crippen molar-refractivity contribution >= 4 is 15.9 Å². The fraction of sp³-hybridized carbons (Fsp3) is 0.333. The Hall–Kier alpha value is -2.45. The Balaban J connectivity index is 2.29. The summed E-state index contributed by atoms with van der Waals surface area (Å²) < 4.78 is 32.2. The lowest BCUT2D eigenvalue weighted by molar-refractivity contribution is 0.0950. The molecule has 0 aliphatic carbocycles. The van der Waals surface area contributed by atoms with Crippen LogP contribution in [0.15, 0.2) is 47.5 Å². The molecule has 1 N–H and O–H groups in total. The van der Waals surface area contributed by atoms with Crippen molar-refractivity contribution in [3.8, 4) is 5.75 Å². The van der Waals surface area contributed by atoms with E-state index in [4.69, 9.17) is 4.74 Å². The quantitative estimate of drug-likeness (QED) is 0.761. The van der Waals surface area contributed by atoms with E-state index < -0.39 is 10.0 Å². The third-order valence-corrected chi connectivity index (χ3v) is 5.98. The molecule has 0 spiro atoms. The van der Waals surface area contributed by atoms with Gasteiger partial charge in [-0.3, -0.25) is 9.78 Å². The molecule has 0 bridgehead atoms. The van der Waals surface area contributed by atoms with Crippen LogP contribution in [-0.2, 0) is 16.6 Å². The van der Waals surface area contributed by atoms with E-state index in [1.165, 1.54) is 29.6 Å². The molecule has 2 rings (SSSR count). The molecule has 8 heteroatoms. The van der Waals surface area contributed by atoms with E-state index in [0.29, 0.717) is 18.8 Å². The van der Waals surface area contributed by atoms with E-state index in [0.717, 1.165) is 0 Å². The van der Waals surface area contributed by atoms with Gasteiger partial charge in [-0.25, -0.2) is 8.42 Å². The zero-order valence-corrected chi connectivity index (χ0v) is 15.9. The lowest BCUT2D eigenvalue weighted by Gasteiger charge is -2.20. The van der Waals surface area contributed by atoms with Gasteiger partial charge in [0, 0.05) is 24.8 Å². The van der Waals surface area contributed by atoms with Gasteiger partial charge in [-0.2, -0.15) is 4.31 Å². The van der Waals surface area contributed by atoms with Gasteiger partial charge in [0.2, 0.25) is 10.0 Å². The fourth-order valence-corrected chi connectivity index (χ4v) is 4.14. The average Bonchev–Trinajstić information content (AvgIpc) is 2.67. The summed E-state index contributed by atoms with van der Waals surface area (Å²) in [5.41, 5.74) is 0.956. The number of hydrogen-bond donors (Lipinski definition) is 1. The molecule has 0 fully saturated rings. The molecule has 0 saturated heterocycles. The molecule has 0 atom stereocenters. The summed E-state index contributed by atoms with van der Waals surface area (Å²) in [6.45, 7) is 4.44. The van der Waals surface area contributed by atoms with Crippen LogP contribution in [0.2, 0.25) is 0 Å². The van der Waals surface area contributed by atoms with E-state index in [2.05, 4.69) is 10.3 Å². The summed E-state index contributed by atoms with van der Waals surface area (Å²) in [6.07, 6.45) is 1.64. The van der Waals surface area contributed by atoms with Gasteiger partial charge in [-0.15, -0.1) is 0 Å². The van der Waals surface area contributed by atoms with Crippen LogP contribution in [0.1, 0.15) is 29.9 Å². The minimum absolute atomic E-state index is 0.0193. The first kappa shape index (κ1) is 19.9. The summed E-state index contributed by atoms with van der Waals surface area (Å²) >= 11 is 0. The Bertz CT molecular complexity index is 850. The number of hydrogen-bond acceptors (Lipinski definition) is 5. The Labute approximate surface area is 154 Å². The monoisotopic (exact) mass is 377 g/mol. The highest BCUT2D eigenvalue weighted by Crippen LogP contribution is 2.27. The molecule has 26 heavy (non-hydrogen) atoms. The van der Waals surface area contributed by atoms with Crippen molar-refractivity contribution in [2.45, 2.75) is 25.3 Å². The summed E-state index contributed by atoms with van der Waals surface area (Å²) in [6, 6.07) is 9.79. The maximum Gasteiger partial charge on any atom is 0.251 e. The smallest absolute Gasteiger partial charge is 0.251 e. The first-order valence-corrected chi connectivity index (χ1v) is 9.74. The van der Waals surface area contributed by atoms with E-state index in [9.17, 15) is 13.2 Å². The number of rotatable bonds is 8. The van der Waals surface area contributed by atoms with Crippen molar-refractivity contribution in [3.63, 3.8) is 0 Å². The van der Waals surface area contributed by atoms with Gasteiger partial charge >= 0.3 is 0 Å². The molecule has 0 unspecified atom stereocenters. The number of carbonyl (C=O) groups excluding carboxylic acids is 1. The number of pyridine rings is 1. The van der Waals surface area contributed by atoms with Gasteiger partial charge in [-0.1, -0.05) is 19.9 Å². The molecule has 0 radical (unpaired) electrons. The first-order valence-electron chi connectivity index (χ1n) is 8.30. The van der Waals surface area contributed by atoms with Crippen LogP contribution in [0.3, 0.4) is 0 Å². The summed E-state index contributed by atoms with van der Waals surface area (Å²) in [5, 5.41) is 2.74. The number of ether oxygens (including phenoxy) is 1. The summed E-state index contributed by atoms with van der Waals surface area (Å²) in [5.74, 6) is -0.174. The van der Waals surface area contributed by atoms with Crippen molar-refractivity contribution < 1.29 is 17.9 Å². The molecule has 140 valence electrons. The second-order valence-electron chi connectivity index (χ2n) is 5.46. The molecule has 1 aromatic heterocycles. The number of sulfonamides is 1. The third-order valence-electron chi connectivity index (χ3n) is 3.91. The first-order chi connectivity index (χ1) is 12.4. The number of methoxy groups -OCH3 is 1. The molecule has 1 amide bonds. The minimum Gasteiger partial charge on any atom is -0.495 e. The predicted molar refractivity (Wildman–Crippen MR) is 98.5 cm³/mol. The van der Waals surface area contributed by atoms with Crippen molar-refractivity contribution in [3.05, 3.63) is 53.9 Å². The molecule has 7 nitrogen and oxygen atoms in total. The lowest BCUT2D eigenvalue weighted by atomic mass is 10.2. The van der Waals surface area contributed by atoms with Crippen LogP contribution in [-0.4, -0.2) is 43.8 Å². The van der Waals surface area contributed by atoms with E-state index >= 15 is 0 Å². The molecule has 1 heterocycles. The molecule has 0 saturated carbocycles. The number of amides is 1. The summed E-state index contributed by atoms with van der Waals surface area (Å²) in [7, 11) is -2.35. The second-order valence-corrected chi connectivity index (χ2v) is 7.37. The van der Waals surface area contributed by atoms with Crippen LogP contribution in [0, 0.1) is 0 Å². The highest BCUT2D eigenvalue weighted by molar-refractivity contribution is 7.89. The van der Waals surface area contributed by atoms with Gasteiger partial charge in [0.15, 0.2) is 0 Å². The SMILES string of the molecule is CCN(CC)S(=O)(=O)c1cc(C(=O)NCc2ccccn2)ccc1OC. The van der Waals surface area contributed by atoms with Crippen molar-refractivity contribution in [1.82, 2.24) is 14.6 Å². The van der Waals surface area contributed by atoms with E-state index in [1.54, 1.807) is 32.2 Å². The van der Waals surface area contributed by atoms with Gasteiger partial charge in [0.1, 0.15) is 10.6 Å². The Morgan fingerprint density at radius 1 is 1.19 bits per heavy atom. The van der Waals surface area contributed by atoms with E-state index in [-0.39, 0.29) is 28.7 Å². The van der Waals surface area contributed by atoms with Crippen molar-refractivity contribution in [1.29, 1.82) is 0 Å². The molecule has 2 aromatic rings. The molecular formula is C18H23N3O4S. The average molecular weight is 377 g/mol. The predicted octanol–water partition coefficient (Wildman–Crippen LogP) is 2.05. The van der Waals surface area contributed by atoms with Crippen LogP contribution in [0.5, 0.6) is 5.75 Å². The van der Waals surface area contributed by atoms with Gasteiger partial charge in [0.05, 0.1) is 19.3 Å². The highest BCUT2D eigenvalue weighted by atomic mass is 32.2. The molecule has 1 aromatic carbocycles. The number of carbonyl (C=O) groups is 1. The molecule has 0 aliphatic rings. The topological polar surface area (TPSA) is 88.6 Å². The standard InChI is InChI=1S/C18H23N3O4S/c1-4-21(5-2)26(23,24)17-12-14(9-10-16(17)25-3)18(22)20-13-15-8-6-7-11-19-15/h6-12H,4-5,13H2,1-3H3,(H,20,22). The number of benzene rings is 1. The van der Waals surface area contributed by atoms with Crippen molar-refractivity contribution in [2.75, 3.05) is 20.2 Å². The molecule has 0 aliphatic heterocycles. The maximum absolute atomic E-state index is 12.8. The van der Waals surface area contributed by atoms with Crippen LogP contribution in [0.4, 0.5) is 0 Å². The maximum atomic E-state index is 12.8. The lowest BCUT2D eigenvalue weighted by Crippen LogP contribution is -2.31. The molecular weight excluding hydrogens is 354 g/mol. The largest absolute Gasteiger partial charge is 0.495 e. The number of nitrogens with one attached hydrogen (secondary N) is 1. The summed E-state index contributed by atoms with van der Waals surface area (Å²) in [4.78, 5) is 16.5. The Kier molecular flexibility index (Phi) is 6.70. The minimum atomic E-state index is -3.75. The fourth-order valence-electron chi connectivity index (χ4n) is 2.50. The number of aromatic nitrogens is 1. The van der Waals surface area contributed by atoms with Crippen LogP contribution >= 0.6 is 0 Å². The third kappa shape index (κ3) is 4.39. The second kappa shape index (κ2) is 8.77. The number of nitrogens with zero attached hydrogens (tertiary/aromatic N) is 2. The van der Waals surface area contributed by atoms with Crippen molar-refractivity contribution in [2.24, 2.45) is 0 Å².